The molecule has 3 heteroatoms. The molecule has 0 aliphatic carbocycles. The van der Waals surface area contributed by atoms with Crippen molar-refractivity contribution in [3.8, 4) is 5.75 Å². The van der Waals surface area contributed by atoms with Crippen LogP contribution in [0.2, 0.25) is 0 Å². The Labute approximate surface area is 124 Å². The van der Waals surface area contributed by atoms with Crippen LogP contribution in [0.25, 0.3) is 5.57 Å². The summed E-state index contributed by atoms with van der Waals surface area (Å²) in [4.78, 5) is 10.8. The largest absolute Gasteiger partial charge is 0.489 e. The van der Waals surface area contributed by atoms with Crippen LogP contribution in [0.3, 0.4) is 0 Å². The number of carboxylic acid groups (broad SMARTS) is 1. The van der Waals surface area contributed by atoms with Gasteiger partial charge >= 0.3 is 5.97 Å². The van der Waals surface area contributed by atoms with Gasteiger partial charge in [-0.3, -0.25) is 4.79 Å². The number of aliphatic carboxylic acids is 1. The second-order valence-corrected chi connectivity index (χ2v) is 4.95. The van der Waals surface area contributed by atoms with Gasteiger partial charge in [0.15, 0.2) is 0 Å². The van der Waals surface area contributed by atoms with Crippen molar-refractivity contribution >= 4 is 11.5 Å². The zero-order chi connectivity index (χ0) is 15.2. The monoisotopic (exact) mass is 282 g/mol. The maximum absolute atomic E-state index is 10.8. The van der Waals surface area contributed by atoms with Gasteiger partial charge in [-0.2, -0.15) is 0 Å². The number of carbonyl (C=O) groups is 1. The second-order valence-electron chi connectivity index (χ2n) is 4.95. The number of benzene rings is 2. The van der Waals surface area contributed by atoms with Crippen LogP contribution in [0.1, 0.15) is 23.6 Å². The van der Waals surface area contributed by atoms with E-state index in [0.29, 0.717) is 17.9 Å². The van der Waals surface area contributed by atoms with Crippen LogP contribution in [0, 0.1) is 0 Å². The lowest BCUT2D eigenvalue weighted by molar-refractivity contribution is -0.136. The second kappa shape index (κ2) is 6.75. The lowest BCUT2D eigenvalue weighted by Crippen LogP contribution is -2.04. The van der Waals surface area contributed by atoms with Crippen molar-refractivity contribution in [1.29, 1.82) is 0 Å². The van der Waals surface area contributed by atoms with Gasteiger partial charge in [0, 0.05) is 5.56 Å². The minimum atomic E-state index is -0.865. The van der Waals surface area contributed by atoms with Crippen LogP contribution in [0.4, 0.5) is 0 Å². The number of hydrogen-bond acceptors (Lipinski definition) is 2. The van der Waals surface area contributed by atoms with E-state index in [4.69, 9.17) is 9.84 Å². The van der Waals surface area contributed by atoms with E-state index in [9.17, 15) is 4.79 Å². The average molecular weight is 282 g/mol. The molecule has 0 saturated carbocycles. The molecule has 0 atom stereocenters. The van der Waals surface area contributed by atoms with Gasteiger partial charge in [-0.05, 0) is 30.2 Å². The lowest BCUT2D eigenvalue weighted by atomic mass is 10.1. The summed E-state index contributed by atoms with van der Waals surface area (Å²) in [7, 11) is 0. The summed E-state index contributed by atoms with van der Waals surface area (Å²) in [6.07, 6.45) is -0.0397. The third-order valence-corrected chi connectivity index (χ3v) is 3.13. The summed E-state index contributed by atoms with van der Waals surface area (Å²) in [5, 5.41) is 8.91. The van der Waals surface area contributed by atoms with Crippen LogP contribution in [-0.4, -0.2) is 11.1 Å². The standard InChI is InChI=1S/C18H18O3/c1-13(2)15-8-5-6-14(10-15)12-21-17-9-4-3-7-16(17)11-18(19)20/h3-10H,1,11-12H2,2H3,(H,19,20). The highest BCUT2D eigenvalue weighted by Gasteiger charge is 2.07. The fraction of sp³-hybridized carbons (Fsp3) is 0.167. The zero-order valence-electron chi connectivity index (χ0n) is 12.0. The van der Waals surface area contributed by atoms with Crippen molar-refractivity contribution in [2.75, 3.05) is 0 Å². The molecule has 0 aliphatic rings. The highest BCUT2D eigenvalue weighted by molar-refractivity contribution is 5.71. The minimum absolute atomic E-state index is 0.0397. The van der Waals surface area contributed by atoms with Gasteiger partial charge in [0.1, 0.15) is 12.4 Å². The van der Waals surface area contributed by atoms with Gasteiger partial charge in [0.05, 0.1) is 6.42 Å². The highest BCUT2D eigenvalue weighted by atomic mass is 16.5. The summed E-state index contributed by atoms with van der Waals surface area (Å²) in [5.74, 6) is -0.254. The van der Waals surface area contributed by atoms with E-state index in [1.54, 1.807) is 12.1 Å². The van der Waals surface area contributed by atoms with Crippen LogP contribution in [-0.2, 0) is 17.8 Å². The number of ether oxygens (including phenoxy) is 1. The highest BCUT2D eigenvalue weighted by Crippen LogP contribution is 2.21. The van der Waals surface area contributed by atoms with Gasteiger partial charge in [-0.1, -0.05) is 48.6 Å². The fourth-order valence-corrected chi connectivity index (χ4v) is 2.04. The van der Waals surface area contributed by atoms with Gasteiger partial charge in [-0.15, -0.1) is 0 Å². The van der Waals surface area contributed by atoms with E-state index in [0.717, 1.165) is 16.7 Å². The van der Waals surface area contributed by atoms with Crippen LogP contribution in [0.15, 0.2) is 55.1 Å². The van der Waals surface area contributed by atoms with Crippen molar-refractivity contribution in [3.63, 3.8) is 0 Å². The molecular weight excluding hydrogens is 264 g/mol. The Balaban J connectivity index is 2.11. The van der Waals surface area contributed by atoms with E-state index >= 15 is 0 Å². The van der Waals surface area contributed by atoms with Gasteiger partial charge in [-0.25, -0.2) is 0 Å². The van der Waals surface area contributed by atoms with Crippen LogP contribution >= 0.6 is 0 Å². The molecule has 0 radical (unpaired) electrons. The first-order chi connectivity index (χ1) is 10.1. The summed E-state index contributed by atoms with van der Waals surface area (Å²) < 4.78 is 5.77. The Kier molecular flexibility index (Phi) is 4.77. The molecule has 0 heterocycles. The normalized spacial score (nSPS) is 10.1. The molecule has 2 aromatic carbocycles. The van der Waals surface area contributed by atoms with Crippen molar-refractivity contribution in [2.24, 2.45) is 0 Å². The summed E-state index contributed by atoms with van der Waals surface area (Å²) in [6.45, 7) is 6.29. The van der Waals surface area contributed by atoms with E-state index in [-0.39, 0.29) is 6.42 Å². The SMILES string of the molecule is C=C(C)c1cccc(COc2ccccc2CC(=O)O)c1. The van der Waals surface area contributed by atoms with E-state index < -0.39 is 5.97 Å². The lowest BCUT2D eigenvalue weighted by Gasteiger charge is -2.11. The summed E-state index contributed by atoms with van der Waals surface area (Å²) in [6, 6.07) is 15.2. The van der Waals surface area contributed by atoms with E-state index in [1.807, 2.05) is 43.3 Å². The Bertz CT molecular complexity index is 659. The number of hydrogen-bond donors (Lipinski definition) is 1. The number of para-hydroxylation sites is 1. The Morgan fingerprint density at radius 1 is 1.19 bits per heavy atom. The van der Waals surface area contributed by atoms with Gasteiger partial charge in [0.25, 0.3) is 0 Å². The first kappa shape index (κ1) is 14.9. The smallest absolute Gasteiger partial charge is 0.307 e. The van der Waals surface area contributed by atoms with Gasteiger partial charge < -0.3 is 9.84 Å². The van der Waals surface area contributed by atoms with Crippen LogP contribution in [0.5, 0.6) is 5.75 Å². The number of rotatable bonds is 6. The zero-order valence-corrected chi connectivity index (χ0v) is 12.0. The molecule has 0 unspecified atom stereocenters. The molecule has 0 aliphatic heterocycles. The Morgan fingerprint density at radius 3 is 2.67 bits per heavy atom. The molecule has 108 valence electrons. The summed E-state index contributed by atoms with van der Waals surface area (Å²) in [5.41, 5.74) is 3.79. The predicted molar refractivity (Wildman–Crippen MR) is 83.3 cm³/mol. The van der Waals surface area contributed by atoms with Gasteiger partial charge in [0.2, 0.25) is 0 Å². The first-order valence-corrected chi connectivity index (χ1v) is 6.73. The van der Waals surface area contributed by atoms with Crippen LogP contribution < -0.4 is 4.74 Å². The molecule has 0 aromatic heterocycles. The third-order valence-electron chi connectivity index (χ3n) is 3.13. The third kappa shape index (κ3) is 4.21. The maximum Gasteiger partial charge on any atom is 0.307 e. The molecule has 0 bridgehead atoms. The van der Waals surface area contributed by atoms with E-state index in [1.165, 1.54) is 0 Å². The molecule has 2 aromatic rings. The molecule has 0 saturated heterocycles. The maximum atomic E-state index is 10.8. The Hall–Kier alpha value is -2.55. The summed E-state index contributed by atoms with van der Waals surface area (Å²) >= 11 is 0. The molecule has 3 nitrogen and oxygen atoms in total. The molecule has 2 rings (SSSR count). The minimum Gasteiger partial charge on any atom is -0.489 e. The fourth-order valence-electron chi connectivity index (χ4n) is 2.04. The molecule has 1 N–H and O–H groups in total. The van der Waals surface area contributed by atoms with E-state index in [2.05, 4.69) is 6.58 Å². The predicted octanol–water partition coefficient (Wildman–Crippen LogP) is 3.93. The topological polar surface area (TPSA) is 46.5 Å². The Morgan fingerprint density at radius 2 is 1.95 bits per heavy atom. The van der Waals surface area contributed by atoms with Crippen molar-refractivity contribution in [1.82, 2.24) is 0 Å². The molecule has 0 amide bonds. The van der Waals surface area contributed by atoms with Crippen molar-refractivity contribution in [2.45, 2.75) is 20.0 Å². The quantitative estimate of drug-likeness (QED) is 0.873. The molecular formula is C18H18O3. The molecule has 21 heavy (non-hydrogen) atoms. The first-order valence-electron chi connectivity index (χ1n) is 6.73. The molecule has 0 spiro atoms. The van der Waals surface area contributed by atoms with Crippen molar-refractivity contribution in [3.05, 3.63) is 71.8 Å². The average Bonchev–Trinajstić information content (AvgIpc) is 2.46. The number of carboxylic acids is 1. The molecule has 0 fully saturated rings. The number of allylic oxidation sites excluding steroid dienone is 1. The van der Waals surface area contributed by atoms with Crippen molar-refractivity contribution < 1.29 is 14.6 Å².